The van der Waals surface area contributed by atoms with Crippen LogP contribution >= 0.6 is 0 Å². The molecule has 0 aliphatic heterocycles. The van der Waals surface area contributed by atoms with Gasteiger partial charge in [0.1, 0.15) is 0 Å². The highest BCUT2D eigenvalue weighted by molar-refractivity contribution is 5.97. The second-order valence-electron chi connectivity index (χ2n) is 5.71. The predicted molar refractivity (Wildman–Crippen MR) is 67.2 cm³/mol. The lowest BCUT2D eigenvalue weighted by atomic mass is 9.87. The van der Waals surface area contributed by atoms with Crippen molar-refractivity contribution < 1.29 is 4.79 Å². The Hall–Kier alpha value is -0.850. The Balaban J connectivity index is 2.42. The molecule has 0 aromatic rings. The van der Waals surface area contributed by atoms with Gasteiger partial charge in [0.05, 0.1) is 0 Å². The number of ketones is 1. The van der Waals surface area contributed by atoms with E-state index in [1.807, 2.05) is 0 Å². The number of rotatable bonds is 0. The first kappa shape index (κ1) is 11.6. The Morgan fingerprint density at radius 3 is 2.62 bits per heavy atom. The predicted octanol–water partition coefficient (Wildman–Crippen LogP) is 4.05. The molecule has 16 heavy (non-hydrogen) atoms. The molecule has 0 aromatic carbocycles. The Labute approximate surface area is 98.6 Å². The van der Waals surface area contributed by atoms with Gasteiger partial charge in [0.15, 0.2) is 5.78 Å². The third-order valence-electron chi connectivity index (χ3n) is 4.33. The Bertz CT molecular complexity index is 380. The van der Waals surface area contributed by atoms with Crippen LogP contribution in [0.4, 0.5) is 0 Å². The maximum absolute atomic E-state index is 12.1. The van der Waals surface area contributed by atoms with Crippen LogP contribution in [-0.4, -0.2) is 5.78 Å². The molecule has 0 radical (unpaired) electrons. The summed E-state index contributed by atoms with van der Waals surface area (Å²) >= 11 is 0. The Kier molecular flexibility index (Phi) is 3.05. The van der Waals surface area contributed by atoms with Gasteiger partial charge in [-0.25, -0.2) is 0 Å². The van der Waals surface area contributed by atoms with E-state index in [2.05, 4.69) is 27.7 Å². The number of carbonyl (C=O) groups is 1. The van der Waals surface area contributed by atoms with Crippen LogP contribution in [-0.2, 0) is 4.79 Å². The van der Waals surface area contributed by atoms with Crippen LogP contribution in [0.3, 0.4) is 0 Å². The molecule has 2 aliphatic rings. The quantitative estimate of drug-likeness (QED) is 0.443. The lowest BCUT2D eigenvalue weighted by Crippen LogP contribution is -2.11. The normalized spacial score (nSPS) is 30.5. The van der Waals surface area contributed by atoms with Gasteiger partial charge < -0.3 is 0 Å². The third-order valence-corrected chi connectivity index (χ3v) is 4.33. The van der Waals surface area contributed by atoms with Crippen molar-refractivity contribution in [3.05, 3.63) is 22.3 Å². The summed E-state index contributed by atoms with van der Waals surface area (Å²) in [5.41, 5.74) is 5.43. The van der Waals surface area contributed by atoms with Gasteiger partial charge in [-0.15, -0.1) is 0 Å². The summed E-state index contributed by atoms with van der Waals surface area (Å²) < 4.78 is 0. The zero-order valence-electron chi connectivity index (χ0n) is 10.9. The van der Waals surface area contributed by atoms with Crippen LogP contribution in [0.15, 0.2) is 22.3 Å². The maximum Gasteiger partial charge on any atom is 0.159 e. The van der Waals surface area contributed by atoms with Gasteiger partial charge in [-0.05, 0) is 57.4 Å². The summed E-state index contributed by atoms with van der Waals surface area (Å²) in [5, 5.41) is 0. The molecule has 1 heteroatoms. The summed E-state index contributed by atoms with van der Waals surface area (Å²) in [6, 6.07) is 0. The van der Waals surface area contributed by atoms with Gasteiger partial charge in [0.25, 0.3) is 0 Å². The first-order valence-corrected chi connectivity index (χ1v) is 6.38. The highest BCUT2D eigenvalue weighted by Crippen LogP contribution is 2.44. The van der Waals surface area contributed by atoms with Crippen LogP contribution in [0.5, 0.6) is 0 Å². The minimum Gasteiger partial charge on any atom is -0.295 e. The van der Waals surface area contributed by atoms with Crippen LogP contribution in [0.2, 0.25) is 0 Å². The van der Waals surface area contributed by atoms with E-state index >= 15 is 0 Å². The molecule has 88 valence electrons. The fraction of sp³-hybridized carbons (Fsp3) is 0.667. The van der Waals surface area contributed by atoms with Gasteiger partial charge in [0, 0.05) is 6.42 Å². The first-order valence-electron chi connectivity index (χ1n) is 6.38. The number of allylic oxidation sites excluding steroid dienone is 4. The van der Waals surface area contributed by atoms with Crippen LogP contribution < -0.4 is 0 Å². The summed E-state index contributed by atoms with van der Waals surface area (Å²) in [7, 11) is 0. The molecule has 2 rings (SSSR count). The fourth-order valence-corrected chi connectivity index (χ4v) is 3.24. The minimum atomic E-state index is 0.391. The van der Waals surface area contributed by atoms with E-state index in [1.165, 1.54) is 18.4 Å². The van der Waals surface area contributed by atoms with Crippen molar-refractivity contribution in [1.82, 2.24) is 0 Å². The monoisotopic (exact) mass is 218 g/mol. The van der Waals surface area contributed by atoms with Gasteiger partial charge in [-0.1, -0.05) is 23.6 Å². The highest BCUT2D eigenvalue weighted by Gasteiger charge is 2.34. The zero-order chi connectivity index (χ0) is 11.9. The molecule has 2 unspecified atom stereocenters. The largest absolute Gasteiger partial charge is 0.295 e. The fourth-order valence-electron chi connectivity index (χ4n) is 3.24. The molecule has 0 amide bonds. The second-order valence-corrected chi connectivity index (χ2v) is 5.71. The van der Waals surface area contributed by atoms with Crippen LogP contribution in [0, 0.1) is 11.8 Å². The van der Waals surface area contributed by atoms with E-state index in [0.717, 1.165) is 18.4 Å². The molecule has 1 nitrogen and oxygen atoms in total. The lowest BCUT2D eigenvalue weighted by Gasteiger charge is -2.18. The highest BCUT2D eigenvalue weighted by atomic mass is 16.1. The van der Waals surface area contributed by atoms with Crippen molar-refractivity contribution >= 4 is 5.78 Å². The van der Waals surface area contributed by atoms with E-state index in [0.29, 0.717) is 17.6 Å². The summed E-state index contributed by atoms with van der Waals surface area (Å²) in [4.78, 5) is 12.1. The summed E-state index contributed by atoms with van der Waals surface area (Å²) in [5.74, 6) is 1.61. The molecule has 0 heterocycles. The number of fused-ring (bicyclic) bond motifs is 1. The number of hydrogen-bond donors (Lipinski definition) is 0. The van der Waals surface area contributed by atoms with Crippen molar-refractivity contribution in [2.75, 3.05) is 0 Å². The van der Waals surface area contributed by atoms with Crippen molar-refractivity contribution in [3.63, 3.8) is 0 Å². The number of Topliss-reactive ketones (excluding diaryl/α,β-unsaturated/α-hetero) is 1. The number of carbonyl (C=O) groups excluding carboxylic acids is 1. The minimum absolute atomic E-state index is 0.391. The van der Waals surface area contributed by atoms with E-state index in [1.54, 1.807) is 11.1 Å². The van der Waals surface area contributed by atoms with Crippen molar-refractivity contribution in [3.8, 4) is 0 Å². The molecule has 0 bridgehead atoms. The van der Waals surface area contributed by atoms with Crippen molar-refractivity contribution in [1.29, 1.82) is 0 Å². The smallest absolute Gasteiger partial charge is 0.159 e. The third kappa shape index (κ3) is 1.88. The lowest BCUT2D eigenvalue weighted by molar-refractivity contribution is -0.116. The molecular weight excluding hydrogens is 196 g/mol. The van der Waals surface area contributed by atoms with Crippen LogP contribution in [0.25, 0.3) is 0 Å². The van der Waals surface area contributed by atoms with Crippen molar-refractivity contribution in [2.45, 2.75) is 53.4 Å². The Morgan fingerprint density at radius 1 is 1.31 bits per heavy atom. The SMILES string of the molecule is CC(C)=C1CC2=C(C)CCC2C(C)CC1=O. The van der Waals surface area contributed by atoms with E-state index in [9.17, 15) is 4.79 Å². The number of hydrogen-bond acceptors (Lipinski definition) is 1. The average molecular weight is 218 g/mol. The maximum atomic E-state index is 12.1. The molecule has 0 saturated heterocycles. The van der Waals surface area contributed by atoms with Gasteiger partial charge >= 0.3 is 0 Å². The zero-order valence-corrected chi connectivity index (χ0v) is 10.9. The van der Waals surface area contributed by atoms with Gasteiger partial charge in [-0.3, -0.25) is 4.79 Å². The molecule has 2 aliphatic carbocycles. The second kappa shape index (κ2) is 4.20. The average Bonchev–Trinajstić information content (AvgIpc) is 2.49. The van der Waals surface area contributed by atoms with E-state index in [-0.39, 0.29) is 0 Å². The molecule has 1 saturated carbocycles. The molecule has 1 fully saturated rings. The molecular formula is C15H22O. The molecule has 0 N–H and O–H groups in total. The van der Waals surface area contributed by atoms with Crippen LogP contribution in [0.1, 0.15) is 53.4 Å². The van der Waals surface area contributed by atoms with Crippen molar-refractivity contribution in [2.24, 2.45) is 11.8 Å². The standard InChI is InChI=1S/C15H22O/c1-9(2)13-8-14-10(3)5-6-12(14)11(4)7-15(13)16/h11-12H,5-8H2,1-4H3. The van der Waals surface area contributed by atoms with Gasteiger partial charge in [0.2, 0.25) is 0 Å². The van der Waals surface area contributed by atoms with E-state index in [4.69, 9.17) is 0 Å². The van der Waals surface area contributed by atoms with Gasteiger partial charge in [-0.2, -0.15) is 0 Å². The van der Waals surface area contributed by atoms with E-state index < -0.39 is 0 Å². The molecule has 0 aromatic heterocycles. The first-order chi connectivity index (χ1) is 7.50. The summed E-state index contributed by atoms with van der Waals surface area (Å²) in [6.45, 7) is 8.64. The molecule has 2 atom stereocenters. The topological polar surface area (TPSA) is 17.1 Å². The Morgan fingerprint density at radius 2 is 2.00 bits per heavy atom. The molecule has 0 spiro atoms. The summed E-state index contributed by atoms with van der Waals surface area (Å²) in [6.07, 6.45) is 4.20.